The number of nitrogens with zero attached hydrogens (tertiary/aromatic N) is 3. The molecule has 4 heteroatoms. The van der Waals surface area contributed by atoms with E-state index in [-0.39, 0.29) is 12.4 Å². The Bertz CT molecular complexity index is 259. The zero-order valence-corrected chi connectivity index (χ0v) is 8.01. The van der Waals surface area contributed by atoms with Gasteiger partial charge in [0.1, 0.15) is 0 Å². The summed E-state index contributed by atoms with van der Waals surface area (Å²) in [5, 5.41) is 0. The molecule has 1 aliphatic rings. The standard InChI is InChI=1S/C8H11N3.ClH/c1-11(2)8-5-3-7(10-9)4-6-8;/h3,5-6H,4H2,1-2H3;1H. The van der Waals surface area contributed by atoms with Gasteiger partial charge >= 0.3 is 0 Å². The van der Waals surface area contributed by atoms with Gasteiger partial charge in [-0.05, 0) is 12.2 Å². The van der Waals surface area contributed by atoms with Crippen molar-refractivity contribution in [3.05, 3.63) is 29.5 Å². The van der Waals surface area contributed by atoms with Crippen LogP contribution in [-0.2, 0) is 0 Å². The highest BCUT2D eigenvalue weighted by Crippen LogP contribution is 2.08. The second-order valence-electron chi connectivity index (χ2n) is 2.65. The molecule has 0 bridgehead atoms. The maximum absolute atomic E-state index is 8.41. The van der Waals surface area contributed by atoms with Crippen LogP contribution in [0.25, 0.3) is 5.53 Å². The largest absolute Gasteiger partial charge is 0.378 e. The van der Waals surface area contributed by atoms with Crippen LogP contribution in [0.2, 0.25) is 0 Å². The minimum atomic E-state index is 0. The minimum Gasteiger partial charge on any atom is -0.378 e. The van der Waals surface area contributed by atoms with E-state index in [0.717, 1.165) is 5.70 Å². The van der Waals surface area contributed by atoms with E-state index in [9.17, 15) is 0 Å². The summed E-state index contributed by atoms with van der Waals surface area (Å²) in [6.07, 6.45) is 6.48. The van der Waals surface area contributed by atoms with Crippen molar-refractivity contribution in [1.82, 2.24) is 4.90 Å². The van der Waals surface area contributed by atoms with E-state index in [1.807, 2.05) is 37.2 Å². The lowest BCUT2D eigenvalue weighted by molar-refractivity contribution is -0.00545. The van der Waals surface area contributed by atoms with Crippen molar-refractivity contribution < 1.29 is 4.79 Å². The van der Waals surface area contributed by atoms with Crippen LogP contribution in [-0.4, -0.2) is 29.5 Å². The van der Waals surface area contributed by atoms with Crippen LogP contribution in [0.1, 0.15) is 6.42 Å². The van der Waals surface area contributed by atoms with Gasteiger partial charge in [0.2, 0.25) is 0 Å². The van der Waals surface area contributed by atoms with Crippen molar-refractivity contribution in [3.8, 4) is 0 Å². The quantitative estimate of drug-likeness (QED) is 0.451. The van der Waals surface area contributed by atoms with Crippen molar-refractivity contribution >= 4 is 18.1 Å². The summed E-state index contributed by atoms with van der Waals surface area (Å²) in [7, 11) is 3.97. The van der Waals surface area contributed by atoms with E-state index in [0.29, 0.717) is 12.1 Å². The Morgan fingerprint density at radius 1 is 1.42 bits per heavy atom. The predicted molar refractivity (Wildman–Crippen MR) is 51.4 cm³/mol. The fourth-order valence-corrected chi connectivity index (χ4v) is 0.933. The predicted octanol–water partition coefficient (Wildman–Crippen LogP) is 1.48. The van der Waals surface area contributed by atoms with E-state index < -0.39 is 0 Å². The minimum absolute atomic E-state index is 0. The molecule has 0 spiro atoms. The van der Waals surface area contributed by atoms with E-state index in [4.69, 9.17) is 5.53 Å². The van der Waals surface area contributed by atoms with Crippen molar-refractivity contribution in [3.63, 3.8) is 0 Å². The summed E-state index contributed by atoms with van der Waals surface area (Å²) in [4.78, 5) is 5.13. The molecule has 0 heterocycles. The van der Waals surface area contributed by atoms with Crippen molar-refractivity contribution in [2.24, 2.45) is 0 Å². The third kappa shape index (κ3) is 2.53. The topological polar surface area (TPSA) is 39.6 Å². The highest BCUT2D eigenvalue weighted by atomic mass is 35.5. The Hall–Kier alpha value is -1.05. The maximum Gasteiger partial charge on any atom is 0.295 e. The number of rotatable bonds is 1. The molecule has 1 aliphatic carbocycles. The van der Waals surface area contributed by atoms with Gasteiger partial charge in [-0.3, -0.25) is 0 Å². The van der Waals surface area contributed by atoms with Crippen LogP contribution in [0, 0.1) is 0 Å². The lowest BCUT2D eigenvalue weighted by Gasteiger charge is -2.14. The van der Waals surface area contributed by atoms with Gasteiger partial charge in [0.05, 0.1) is 6.42 Å². The Balaban J connectivity index is 0.00000121. The number of allylic oxidation sites excluding steroid dienone is 3. The number of hydrogen-bond acceptors (Lipinski definition) is 1. The van der Waals surface area contributed by atoms with Gasteiger partial charge < -0.3 is 10.4 Å². The van der Waals surface area contributed by atoms with Crippen LogP contribution in [0.5, 0.6) is 0 Å². The summed E-state index contributed by atoms with van der Waals surface area (Å²) >= 11 is 0. The highest BCUT2D eigenvalue weighted by molar-refractivity contribution is 5.92. The lowest BCUT2D eigenvalue weighted by atomic mass is 10.1. The van der Waals surface area contributed by atoms with Gasteiger partial charge in [-0.2, -0.15) is 4.79 Å². The molecule has 0 fully saturated rings. The zero-order valence-electron chi connectivity index (χ0n) is 7.19. The molecule has 0 atom stereocenters. The second-order valence-corrected chi connectivity index (χ2v) is 2.65. The average molecular weight is 186 g/mol. The normalized spacial score (nSPS) is 14.5. The SMILES string of the molecule is CN(C)C1=CCC(=[N+]=[N-])C=C1.Cl. The molecule has 0 aromatic rings. The summed E-state index contributed by atoms with van der Waals surface area (Å²) < 4.78 is 0. The van der Waals surface area contributed by atoms with Gasteiger partial charge in [0.15, 0.2) is 0 Å². The summed E-state index contributed by atoms with van der Waals surface area (Å²) in [5.41, 5.74) is 10.3. The third-order valence-corrected chi connectivity index (χ3v) is 1.61. The van der Waals surface area contributed by atoms with Gasteiger partial charge in [-0.15, -0.1) is 12.4 Å². The van der Waals surface area contributed by atoms with Crippen LogP contribution in [0.3, 0.4) is 0 Å². The molecule has 0 saturated carbocycles. The van der Waals surface area contributed by atoms with Gasteiger partial charge in [0, 0.05) is 25.9 Å². The molecule has 0 amide bonds. The van der Waals surface area contributed by atoms with Crippen molar-refractivity contribution in [2.45, 2.75) is 6.42 Å². The maximum atomic E-state index is 8.41. The fourth-order valence-electron chi connectivity index (χ4n) is 0.933. The third-order valence-electron chi connectivity index (χ3n) is 1.61. The van der Waals surface area contributed by atoms with Crippen molar-refractivity contribution in [2.75, 3.05) is 14.1 Å². The molecular formula is C8H12ClN3. The van der Waals surface area contributed by atoms with Crippen LogP contribution >= 0.6 is 12.4 Å². The van der Waals surface area contributed by atoms with Crippen LogP contribution in [0.4, 0.5) is 0 Å². The Morgan fingerprint density at radius 3 is 2.42 bits per heavy atom. The molecule has 0 aromatic heterocycles. The number of likely N-dealkylation sites (N-methyl/N-ethyl adjacent to an activating group) is 1. The smallest absolute Gasteiger partial charge is 0.295 e. The Morgan fingerprint density at radius 2 is 2.08 bits per heavy atom. The molecule has 12 heavy (non-hydrogen) atoms. The average Bonchev–Trinajstić information content (AvgIpc) is 2.05. The van der Waals surface area contributed by atoms with Gasteiger partial charge in [0.25, 0.3) is 5.71 Å². The van der Waals surface area contributed by atoms with E-state index in [1.165, 1.54) is 0 Å². The second kappa shape index (κ2) is 4.75. The Labute approximate surface area is 78.4 Å². The molecule has 0 aromatic carbocycles. The molecular weight excluding hydrogens is 174 g/mol. The van der Waals surface area contributed by atoms with E-state index in [2.05, 4.69) is 4.79 Å². The number of halogens is 1. The summed E-state index contributed by atoms with van der Waals surface area (Å²) in [5.74, 6) is 0. The lowest BCUT2D eigenvalue weighted by Crippen LogP contribution is -2.12. The van der Waals surface area contributed by atoms with Crippen LogP contribution < -0.4 is 0 Å². The van der Waals surface area contributed by atoms with Crippen LogP contribution in [0.15, 0.2) is 23.9 Å². The van der Waals surface area contributed by atoms with E-state index >= 15 is 0 Å². The summed E-state index contributed by atoms with van der Waals surface area (Å²) in [6.45, 7) is 0. The van der Waals surface area contributed by atoms with Gasteiger partial charge in [-0.1, -0.05) is 0 Å². The van der Waals surface area contributed by atoms with E-state index in [1.54, 1.807) is 0 Å². The summed E-state index contributed by atoms with van der Waals surface area (Å²) in [6, 6.07) is 0. The molecule has 0 aliphatic heterocycles. The van der Waals surface area contributed by atoms with Gasteiger partial charge in [-0.25, -0.2) is 0 Å². The molecule has 0 unspecified atom stereocenters. The number of hydrogen-bond donors (Lipinski definition) is 0. The molecule has 3 nitrogen and oxygen atoms in total. The first-order valence-corrected chi connectivity index (χ1v) is 3.50. The Kier molecular flexibility index (Phi) is 4.34. The molecule has 1 rings (SSSR count). The molecule has 0 N–H and O–H groups in total. The first kappa shape index (κ1) is 11.0. The first-order valence-electron chi connectivity index (χ1n) is 3.50. The highest BCUT2D eigenvalue weighted by Gasteiger charge is 2.08. The molecule has 66 valence electrons. The van der Waals surface area contributed by atoms with Crippen molar-refractivity contribution in [1.29, 1.82) is 0 Å². The fraction of sp³-hybridized carbons (Fsp3) is 0.375. The monoisotopic (exact) mass is 185 g/mol. The zero-order chi connectivity index (χ0) is 8.27. The molecule has 0 radical (unpaired) electrons. The first-order chi connectivity index (χ1) is 5.24. The molecule has 0 saturated heterocycles.